The number of carbonyl (C=O) groups is 2. The van der Waals surface area contributed by atoms with Gasteiger partial charge in [-0.1, -0.05) is 13.3 Å². The van der Waals surface area contributed by atoms with Crippen molar-refractivity contribution in [2.24, 2.45) is 0 Å². The van der Waals surface area contributed by atoms with Gasteiger partial charge in [0.05, 0.1) is 4.88 Å². The van der Waals surface area contributed by atoms with Crippen LogP contribution in [0.5, 0.6) is 0 Å². The highest BCUT2D eigenvalue weighted by molar-refractivity contribution is 7.14. The van der Waals surface area contributed by atoms with Crippen molar-refractivity contribution in [3.05, 3.63) is 21.4 Å². The number of rotatable bonds is 7. The van der Waals surface area contributed by atoms with Crippen LogP contribution in [0.1, 0.15) is 52.7 Å². The van der Waals surface area contributed by atoms with Gasteiger partial charge in [-0.25, -0.2) is 0 Å². The fourth-order valence-electron chi connectivity index (χ4n) is 2.65. The number of hydrogen-bond acceptors (Lipinski definition) is 3. The van der Waals surface area contributed by atoms with Crippen LogP contribution in [0.15, 0.2) is 6.07 Å². The molecule has 1 fully saturated rings. The highest BCUT2D eigenvalue weighted by atomic mass is 32.1. The zero-order valence-electron chi connectivity index (χ0n) is 12.9. The Morgan fingerprint density at radius 2 is 2.29 bits per heavy atom. The summed E-state index contributed by atoms with van der Waals surface area (Å²) in [7, 11) is 0. The van der Waals surface area contributed by atoms with Gasteiger partial charge >= 0.3 is 0 Å². The van der Waals surface area contributed by atoms with Crippen LogP contribution < -0.4 is 5.32 Å². The van der Waals surface area contributed by atoms with E-state index in [1.807, 2.05) is 11.0 Å². The van der Waals surface area contributed by atoms with Crippen LogP contribution in [0.25, 0.3) is 0 Å². The third kappa shape index (κ3) is 4.30. The first-order valence-corrected chi connectivity index (χ1v) is 8.58. The van der Waals surface area contributed by atoms with E-state index >= 15 is 0 Å². The highest BCUT2D eigenvalue weighted by Gasteiger charge is 2.19. The van der Waals surface area contributed by atoms with Crippen molar-refractivity contribution in [2.45, 2.75) is 46.0 Å². The predicted octanol–water partition coefficient (Wildman–Crippen LogP) is 2.75. The fraction of sp³-hybridized carbons (Fsp3) is 0.625. The maximum Gasteiger partial charge on any atom is 0.261 e. The highest BCUT2D eigenvalue weighted by Crippen LogP contribution is 2.22. The average molecular weight is 308 g/mol. The second-order valence-electron chi connectivity index (χ2n) is 5.54. The van der Waals surface area contributed by atoms with Crippen molar-refractivity contribution < 1.29 is 9.59 Å². The summed E-state index contributed by atoms with van der Waals surface area (Å²) in [4.78, 5) is 27.5. The van der Waals surface area contributed by atoms with Gasteiger partial charge in [0, 0.05) is 30.9 Å². The molecular weight excluding hydrogens is 284 g/mol. The Labute approximate surface area is 130 Å². The lowest BCUT2D eigenvalue weighted by atomic mass is 10.1. The molecule has 0 spiro atoms. The summed E-state index contributed by atoms with van der Waals surface area (Å²) in [5.74, 6) is 0.262. The molecular formula is C16H24N2O2S. The van der Waals surface area contributed by atoms with Gasteiger partial charge in [-0.3, -0.25) is 9.59 Å². The Morgan fingerprint density at radius 1 is 1.48 bits per heavy atom. The molecule has 1 saturated heterocycles. The molecule has 1 N–H and O–H groups in total. The summed E-state index contributed by atoms with van der Waals surface area (Å²) in [6, 6.07) is 2.02. The molecule has 21 heavy (non-hydrogen) atoms. The van der Waals surface area contributed by atoms with Crippen molar-refractivity contribution in [1.29, 1.82) is 0 Å². The largest absolute Gasteiger partial charge is 0.351 e. The van der Waals surface area contributed by atoms with E-state index in [1.165, 1.54) is 10.4 Å². The molecule has 1 aliphatic heterocycles. The van der Waals surface area contributed by atoms with Crippen LogP contribution in [0, 0.1) is 6.92 Å². The molecule has 2 amide bonds. The summed E-state index contributed by atoms with van der Waals surface area (Å²) in [6.07, 6.45) is 4.61. The van der Waals surface area contributed by atoms with E-state index in [0.717, 1.165) is 43.6 Å². The van der Waals surface area contributed by atoms with Crippen molar-refractivity contribution in [2.75, 3.05) is 19.6 Å². The van der Waals surface area contributed by atoms with Gasteiger partial charge in [-0.2, -0.15) is 0 Å². The second-order valence-corrected chi connectivity index (χ2v) is 6.79. The lowest BCUT2D eigenvalue weighted by Gasteiger charge is -2.15. The molecule has 2 rings (SSSR count). The molecule has 1 aromatic heterocycles. The van der Waals surface area contributed by atoms with Gasteiger partial charge in [-0.05, 0) is 37.8 Å². The molecule has 0 saturated carbocycles. The topological polar surface area (TPSA) is 49.4 Å². The van der Waals surface area contributed by atoms with E-state index in [-0.39, 0.29) is 11.8 Å². The van der Waals surface area contributed by atoms with Crippen molar-refractivity contribution in [1.82, 2.24) is 10.2 Å². The number of amides is 2. The van der Waals surface area contributed by atoms with Crippen LogP contribution >= 0.6 is 11.3 Å². The molecule has 0 unspecified atom stereocenters. The van der Waals surface area contributed by atoms with Crippen LogP contribution in [-0.4, -0.2) is 36.3 Å². The Kier molecular flexibility index (Phi) is 5.79. The normalized spacial score (nSPS) is 14.8. The van der Waals surface area contributed by atoms with Crippen molar-refractivity contribution in [3.8, 4) is 0 Å². The molecule has 0 radical (unpaired) electrons. The van der Waals surface area contributed by atoms with Crippen molar-refractivity contribution in [3.63, 3.8) is 0 Å². The smallest absolute Gasteiger partial charge is 0.261 e. The summed E-state index contributed by atoms with van der Waals surface area (Å²) in [5, 5.41) is 2.95. The quantitative estimate of drug-likeness (QED) is 0.787. The molecule has 0 bridgehead atoms. The predicted molar refractivity (Wildman–Crippen MR) is 85.8 cm³/mol. The zero-order valence-corrected chi connectivity index (χ0v) is 13.7. The summed E-state index contributed by atoms with van der Waals surface area (Å²) in [6.45, 7) is 6.48. The summed E-state index contributed by atoms with van der Waals surface area (Å²) >= 11 is 1.57. The van der Waals surface area contributed by atoms with Gasteiger partial charge in [0.15, 0.2) is 0 Å². The van der Waals surface area contributed by atoms with E-state index in [4.69, 9.17) is 0 Å². The first kappa shape index (κ1) is 16.0. The maximum absolute atomic E-state index is 12.1. The number of aryl methyl sites for hydroxylation is 2. The number of hydrogen-bond donors (Lipinski definition) is 1. The molecule has 1 aromatic rings. The number of likely N-dealkylation sites (tertiary alicyclic amines) is 1. The third-order valence-electron chi connectivity index (χ3n) is 3.83. The van der Waals surface area contributed by atoms with Crippen LogP contribution in [-0.2, 0) is 11.2 Å². The Balaban J connectivity index is 1.74. The van der Waals surface area contributed by atoms with Crippen LogP contribution in [0.3, 0.4) is 0 Å². The standard InChI is InChI=1S/C16H24N2O2S/c1-3-6-13-11-14(21-12(13)2)16(20)17-8-5-10-18-9-4-7-15(18)19/h11H,3-10H2,1-2H3,(H,17,20). The van der Waals surface area contributed by atoms with E-state index in [1.54, 1.807) is 11.3 Å². The maximum atomic E-state index is 12.1. The van der Waals surface area contributed by atoms with Gasteiger partial charge in [0.25, 0.3) is 5.91 Å². The average Bonchev–Trinajstić information content (AvgIpc) is 3.02. The van der Waals surface area contributed by atoms with Crippen molar-refractivity contribution >= 4 is 23.2 Å². The number of nitrogens with zero attached hydrogens (tertiary/aromatic N) is 1. The number of thiophene rings is 1. The first-order chi connectivity index (χ1) is 10.1. The molecule has 0 aromatic carbocycles. The van der Waals surface area contributed by atoms with E-state index < -0.39 is 0 Å². The van der Waals surface area contributed by atoms with Gasteiger partial charge in [-0.15, -0.1) is 11.3 Å². The zero-order chi connectivity index (χ0) is 15.2. The monoisotopic (exact) mass is 308 g/mol. The minimum Gasteiger partial charge on any atom is -0.351 e. The first-order valence-electron chi connectivity index (χ1n) is 7.77. The number of nitrogens with one attached hydrogen (secondary N) is 1. The Bertz CT molecular complexity index is 510. The van der Waals surface area contributed by atoms with Crippen LogP contribution in [0.4, 0.5) is 0 Å². The molecule has 116 valence electrons. The molecule has 0 aliphatic carbocycles. The molecule has 0 atom stereocenters. The SMILES string of the molecule is CCCc1cc(C(=O)NCCCN2CCCC2=O)sc1C. The molecule has 2 heterocycles. The lowest BCUT2D eigenvalue weighted by molar-refractivity contribution is -0.127. The number of carbonyl (C=O) groups excluding carboxylic acids is 2. The molecule has 4 nitrogen and oxygen atoms in total. The second kappa shape index (κ2) is 7.59. The Hall–Kier alpha value is -1.36. The lowest BCUT2D eigenvalue weighted by Crippen LogP contribution is -2.30. The fourth-order valence-corrected chi connectivity index (χ4v) is 3.64. The molecule has 5 heteroatoms. The minimum atomic E-state index is 0.0122. The van der Waals surface area contributed by atoms with Gasteiger partial charge in [0.2, 0.25) is 5.91 Å². The van der Waals surface area contributed by atoms with Gasteiger partial charge < -0.3 is 10.2 Å². The molecule has 1 aliphatic rings. The van der Waals surface area contributed by atoms with E-state index in [9.17, 15) is 9.59 Å². The third-order valence-corrected chi connectivity index (χ3v) is 4.92. The summed E-state index contributed by atoms with van der Waals surface area (Å²) < 4.78 is 0. The Morgan fingerprint density at radius 3 is 2.95 bits per heavy atom. The van der Waals surface area contributed by atoms with E-state index in [0.29, 0.717) is 13.0 Å². The summed E-state index contributed by atoms with van der Waals surface area (Å²) in [5.41, 5.74) is 1.29. The minimum absolute atomic E-state index is 0.0122. The van der Waals surface area contributed by atoms with E-state index in [2.05, 4.69) is 19.2 Å². The van der Waals surface area contributed by atoms with Gasteiger partial charge in [0.1, 0.15) is 0 Å². The van der Waals surface area contributed by atoms with Crippen LogP contribution in [0.2, 0.25) is 0 Å².